The third kappa shape index (κ3) is 8.98. The molecule has 0 amide bonds. The summed E-state index contributed by atoms with van der Waals surface area (Å²) in [6.07, 6.45) is 5.32. The molecule has 0 aliphatic rings. The topological polar surface area (TPSA) is 20.2 Å². The fourth-order valence-electron chi connectivity index (χ4n) is 1.74. The SMILES string of the molecule is F[B-](F)(F)F.Oc1ccc(-c2ccc(/C=C/CC[SH2+])cc2)cc1. The fourth-order valence-corrected chi connectivity index (χ4v) is 1.91. The Bertz CT molecular complexity index is 603. The first-order valence-corrected chi connectivity index (χ1v) is 7.58. The second-order valence-corrected chi connectivity index (χ2v) is 5.10. The van der Waals surface area contributed by atoms with E-state index in [0.29, 0.717) is 5.75 Å². The predicted octanol–water partition coefficient (Wildman–Crippen LogP) is 4.77. The molecule has 1 N–H and O–H groups in total. The molecule has 0 atom stereocenters. The largest absolute Gasteiger partial charge is 0.673 e. The molecule has 0 aliphatic carbocycles. The van der Waals surface area contributed by atoms with E-state index in [1.54, 1.807) is 12.1 Å². The first-order valence-electron chi connectivity index (χ1n) is 6.87. The summed E-state index contributed by atoms with van der Waals surface area (Å²) in [5, 5.41) is 9.26. The summed E-state index contributed by atoms with van der Waals surface area (Å²) in [7, 11) is -6.00. The molecule has 0 radical (unpaired) electrons. The Kier molecular flexibility index (Phi) is 7.75. The number of phenolic OH excluding ortho intramolecular Hbond substituents is 1. The Morgan fingerprint density at radius 3 is 1.74 bits per heavy atom. The first kappa shape index (κ1) is 19.2. The van der Waals surface area contributed by atoms with Gasteiger partial charge in [-0.05, 0) is 41.5 Å². The summed E-state index contributed by atoms with van der Waals surface area (Å²) < 4.78 is 39.0. The van der Waals surface area contributed by atoms with Crippen LogP contribution in [-0.2, 0) is 12.6 Å². The average Bonchev–Trinajstić information content (AvgIpc) is 2.47. The molecular formula is C16H17BF4OS. The highest BCUT2D eigenvalue weighted by Gasteiger charge is 2.20. The number of hydrogen-bond donors (Lipinski definition) is 1. The van der Waals surface area contributed by atoms with E-state index in [9.17, 15) is 22.4 Å². The van der Waals surface area contributed by atoms with Crippen LogP contribution in [0.2, 0.25) is 0 Å². The van der Waals surface area contributed by atoms with Crippen molar-refractivity contribution >= 4 is 26.0 Å². The van der Waals surface area contributed by atoms with E-state index in [-0.39, 0.29) is 0 Å². The molecule has 2 aromatic rings. The van der Waals surface area contributed by atoms with Gasteiger partial charge in [-0.3, -0.25) is 0 Å². The zero-order chi connectivity index (χ0) is 17.3. The molecule has 0 fully saturated rings. The highest BCUT2D eigenvalue weighted by Crippen LogP contribution is 2.22. The van der Waals surface area contributed by atoms with Crippen molar-refractivity contribution < 1.29 is 22.4 Å². The van der Waals surface area contributed by atoms with Crippen molar-refractivity contribution in [3.8, 4) is 16.9 Å². The Labute approximate surface area is 138 Å². The van der Waals surface area contributed by atoms with E-state index in [4.69, 9.17) is 0 Å². The smallest absolute Gasteiger partial charge is 0.508 e. The molecule has 1 nitrogen and oxygen atoms in total. The van der Waals surface area contributed by atoms with Crippen molar-refractivity contribution in [2.75, 3.05) is 5.75 Å². The number of phenols is 1. The van der Waals surface area contributed by atoms with Crippen LogP contribution in [-0.4, -0.2) is 18.1 Å². The lowest BCUT2D eigenvalue weighted by molar-refractivity contribution is 0.368. The van der Waals surface area contributed by atoms with Gasteiger partial charge in [-0.1, -0.05) is 48.6 Å². The van der Waals surface area contributed by atoms with Gasteiger partial charge in [-0.2, -0.15) is 0 Å². The lowest BCUT2D eigenvalue weighted by Gasteiger charge is -2.02. The Hall–Kier alpha value is -1.89. The van der Waals surface area contributed by atoms with Gasteiger partial charge >= 0.3 is 7.25 Å². The van der Waals surface area contributed by atoms with E-state index < -0.39 is 7.25 Å². The summed E-state index contributed by atoms with van der Waals surface area (Å²) in [6.45, 7) is 0. The zero-order valence-electron chi connectivity index (χ0n) is 12.2. The molecule has 0 unspecified atom stereocenters. The molecule has 7 heteroatoms. The maximum absolute atomic E-state index is 9.75. The lowest BCUT2D eigenvalue weighted by atomic mass is 10.0. The molecule has 2 rings (SSSR count). The van der Waals surface area contributed by atoms with Crippen molar-refractivity contribution in [1.82, 2.24) is 0 Å². The molecule has 0 heterocycles. The highest BCUT2D eigenvalue weighted by atomic mass is 32.1. The summed E-state index contributed by atoms with van der Waals surface area (Å²) in [5.74, 6) is 1.29. The summed E-state index contributed by atoms with van der Waals surface area (Å²) in [6, 6.07) is 15.7. The number of rotatable bonds is 4. The van der Waals surface area contributed by atoms with Crippen molar-refractivity contribution in [3.63, 3.8) is 0 Å². The minimum Gasteiger partial charge on any atom is -0.508 e. The summed E-state index contributed by atoms with van der Waals surface area (Å²) >= 11 is 3.44. The van der Waals surface area contributed by atoms with Gasteiger partial charge in [-0.15, -0.1) is 0 Å². The molecule has 23 heavy (non-hydrogen) atoms. The quantitative estimate of drug-likeness (QED) is 0.481. The molecule has 2 aromatic carbocycles. The summed E-state index contributed by atoms with van der Waals surface area (Å²) in [4.78, 5) is 0. The van der Waals surface area contributed by atoms with Crippen LogP contribution in [0.4, 0.5) is 17.3 Å². The number of aromatic hydroxyl groups is 1. The Morgan fingerprint density at radius 1 is 0.870 bits per heavy atom. The van der Waals surface area contributed by atoms with E-state index in [2.05, 4.69) is 49.0 Å². The number of halogens is 4. The van der Waals surface area contributed by atoms with Gasteiger partial charge < -0.3 is 22.4 Å². The fraction of sp³-hybridized carbons (Fsp3) is 0.125. The van der Waals surface area contributed by atoms with Crippen LogP contribution in [0, 0.1) is 0 Å². The second-order valence-electron chi connectivity index (χ2n) is 4.60. The van der Waals surface area contributed by atoms with Crippen LogP contribution in [0.1, 0.15) is 12.0 Å². The van der Waals surface area contributed by atoms with Crippen molar-refractivity contribution in [3.05, 3.63) is 60.2 Å². The van der Waals surface area contributed by atoms with Gasteiger partial charge in [0.05, 0.1) is 0 Å². The molecule has 124 valence electrons. The Balaban J connectivity index is 0.000000463. The van der Waals surface area contributed by atoms with Crippen LogP contribution in [0.3, 0.4) is 0 Å². The average molecular weight is 344 g/mol. The van der Waals surface area contributed by atoms with E-state index in [1.807, 2.05) is 12.1 Å². The van der Waals surface area contributed by atoms with Crippen molar-refractivity contribution in [1.29, 1.82) is 0 Å². The highest BCUT2D eigenvalue weighted by molar-refractivity contribution is 7.58. The zero-order valence-corrected chi connectivity index (χ0v) is 13.2. The molecule has 0 bridgehead atoms. The molecule has 0 aromatic heterocycles. The van der Waals surface area contributed by atoms with Crippen molar-refractivity contribution in [2.45, 2.75) is 6.42 Å². The monoisotopic (exact) mass is 344 g/mol. The molecule has 0 spiro atoms. The van der Waals surface area contributed by atoms with Crippen LogP contribution in [0.5, 0.6) is 5.75 Å². The maximum Gasteiger partial charge on any atom is 0.673 e. The van der Waals surface area contributed by atoms with Gasteiger partial charge in [0.1, 0.15) is 11.5 Å². The Morgan fingerprint density at radius 2 is 1.30 bits per heavy atom. The van der Waals surface area contributed by atoms with E-state index in [0.717, 1.165) is 23.3 Å². The van der Waals surface area contributed by atoms with Crippen LogP contribution < -0.4 is 0 Å². The van der Waals surface area contributed by atoms with E-state index in [1.165, 1.54) is 5.56 Å². The third-order valence-electron chi connectivity index (χ3n) is 2.73. The third-order valence-corrected chi connectivity index (χ3v) is 3.02. The van der Waals surface area contributed by atoms with E-state index >= 15 is 0 Å². The number of benzene rings is 2. The van der Waals surface area contributed by atoms with Crippen LogP contribution in [0.25, 0.3) is 17.2 Å². The second kappa shape index (κ2) is 9.30. The lowest BCUT2D eigenvalue weighted by Crippen LogP contribution is -2.02. The van der Waals surface area contributed by atoms with Crippen LogP contribution in [0.15, 0.2) is 54.6 Å². The first-order chi connectivity index (χ1) is 10.8. The van der Waals surface area contributed by atoms with Crippen molar-refractivity contribution in [2.24, 2.45) is 0 Å². The van der Waals surface area contributed by atoms with Gasteiger partial charge in [0, 0.05) is 6.42 Å². The molecule has 0 saturated carbocycles. The standard InChI is InChI=1S/C16H16OS.BF4/c17-16-10-8-15(9-11-16)14-6-4-13(5-7-14)3-1-2-12-18;2-1(3,4)5/h1,3-11,17-18H,2,12H2;/q;-1/p+1/b3-1+;. The molecular weight excluding hydrogens is 327 g/mol. The number of hydrogen-bond acceptors (Lipinski definition) is 1. The number of allylic oxidation sites excluding steroid dienone is 1. The molecule has 0 aliphatic heterocycles. The normalized spacial score (nSPS) is 11.2. The minimum atomic E-state index is -6.00. The van der Waals surface area contributed by atoms with Gasteiger partial charge in [-0.25, -0.2) is 0 Å². The maximum atomic E-state index is 9.75. The van der Waals surface area contributed by atoms with Gasteiger partial charge in [0.2, 0.25) is 0 Å². The molecule has 0 saturated heterocycles. The summed E-state index contributed by atoms with van der Waals surface area (Å²) in [5.41, 5.74) is 3.48. The predicted molar refractivity (Wildman–Crippen MR) is 92.4 cm³/mol. The van der Waals surface area contributed by atoms with Gasteiger partial charge in [0.15, 0.2) is 0 Å². The van der Waals surface area contributed by atoms with Gasteiger partial charge in [0.25, 0.3) is 0 Å². The van der Waals surface area contributed by atoms with Crippen LogP contribution >= 0.6 is 0 Å². The minimum absolute atomic E-state index is 0.299.